The average Bonchev–Trinajstić information content (AvgIpc) is 2.59. The van der Waals surface area contributed by atoms with E-state index in [0.717, 1.165) is 25.6 Å². The lowest BCUT2D eigenvalue weighted by molar-refractivity contribution is -0.384. The molecule has 3 aromatic carbocycles. The first-order valence-electron chi connectivity index (χ1n) is 7.31. The quantitative estimate of drug-likeness (QED) is 0.268. The van der Waals surface area contributed by atoms with Crippen LogP contribution in [-0.2, 0) is 0 Å². The molecule has 5 heteroatoms. The highest BCUT2D eigenvalue weighted by Gasteiger charge is 2.21. The van der Waals surface area contributed by atoms with Crippen LogP contribution in [0, 0.1) is 10.1 Å². The highest BCUT2D eigenvalue weighted by molar-refractivity contribution is 9.10. The molecule has 0 saturated carbocycles. The van der Waals surface area contributed by atoms with Crippen LogP contribution in [-0.4, -0.2) is 4.92 Å². The maximum Gasteiger partial charge on any atom is 0.269 e. The molecule has 0 fully saturated rings. The molecule has 3 aromatic rings. The molecule has 0 N–H and O–H groups in total. The van der Waals surface area contributed by atoms with Gasteiger partial charge in [0.15, 0.2) is 0 Å². The van der Waals surface area contributed by atoms with Crippen molar-refractivity contribution in [2.24, 2.45) is 0 Å². The first kappa shape index (κ1) is 16.9. The molecule has 0 spiro atoms. The fourth-order valence-electron chi connectivity index (χ4n) is 2.73. The van der Waals surface area contributed by atoms with Gasteiger partial charge in [-0.1, -0.05) is 80.4 Å². The highest BCUT2D eigenvalue weighted by atomic mass is 79.9. The molecule has 0 heterocycles. The van der Waals surface area contributed by atoms with E-state index in [2.05, 4.69) is 44.0 Å². The molecule has 0 aromatic heterocycles. The lowest BCUT2D eigenvalue weighted by Gasteiger charge is -2.21. The number of nitro groups is 1. The minimum absolute atomic E-state index is 0.0306. The Morgan fingerprint density at radius 3 is 1.62 bits per heavy atom. The van der Waals surface area contributed by atoms with Crippen LogP contribution in [0.2, 0.25) is 0 Å². The van der Waals surface area contributed by atoms with Gasteiger partial charge in [-0.2, -0.15) is 0 Å². The molecule has 120 valence electrons. The summed E-state index contributed by atoms with van der Waals surface area (Å²) in [5, 5.41) is 10.9. The normalized spacial score (nSPS) is 10.8. The van der Waals surface area contributed by atoms with Gasteiger partial charge in [-0.3, -0.25) is 10.1 Å². The molecule has 0 aliphatic heterocycles. The number of benzene rings is 3. The zero-order valence-corrected chi connectivity index (χ0v) is 15.7. The smallest absolute Gasteiger partial charge is 0.258 e. The monoisotopic (exact) mass is 445 g/mol. The minimum Gasteiger partial charge on any atom is -0.258 e. The number of nitro benzene ring substituents is 1. The number of non-ortho nitro benzene ring substituents is 1. The van der Waals surface area contributed by atoms with Gasteiger partial charge in [0.25, 0.3) is 5.69 Å². The van der Waals surface area contributed by atoms with Gasteiger partial charge in [0.1, 0.15) is 0 Å². The topological polar surface area (TPSA) is 43.1 Å². The number of rotatable bonds is 4. The molecule has 24 heavy (non-hydrogen) atoms. The van der Waals surface area contributed by atoms with Crippen molar-refractivity contribution in [1.29, 1.82) is 0 Å². The van der Waals surface area contributed by atoms with Gasteiger partial charge >= 0.3 is 0 Å². The second kappa shape index (κ2) is 7.28. The van der Waals surface area contributed by atoms with Crippen molar-refractivity contribution in [2.45, 2.75) is 5.92 Å². The summed E-state index contributed by atoms with van der Waals surface area (Å²) < 4.78 is 2.01. The van der Waals surface area contributed by atoms with Gasteiger partial charge in [0.2, 0.25) is 0 Å². The third-order valence-electron chi connectivity index (χ3n) is 3.87. The van der Waals surface area contributed by atoms with Gasteiger partial charge in [0, 0.05) is 27.0 Å². The zero-order chi connectivity index (χ0) is 17.1. The van der Waals surface area contributed by atoms with Crippen molar-refractivity contribution < 1.29 is 4.92 Å². The molecule has 0 atom stereocenters. The van der Waals surface area contributed by atoms with Crippen molar-refractivity contribution >= 4 is 37.5 Å². The predicted molar refractivity (Wildman–Crippen MR) is 102 cm³/mol. The highest BCUT2D eigenvalue weighted by Crippen LogP contribution is 2.39. The Kier molecular flexibility index (Phi) is 5.11. The van der Waals surface area contributed by atoms with Crippen LogP contribution in [0.4, 0.5) is 5.69 Å². The van der Waals surface area contributed by atoms with Crippen LogP contribution in [0.25, 0.3) is 0 Å². The maximum atomic E-state index is 10.9. The summed E-state index contributed by atoms with van der Waals surface area (Å²) in [5.41, 5.74) is 3.31. The van der Waals surface area contributed by atoms with Crippen LogP contribution >= 0.6 is 31.9 Å². The largest absolute Gasteiger partial charge is 0.269 e. The predicted octanol–water partition coefficient (Wildman–Crippen LogP) is 6.30. The van der Waals surface area contributed by atoms with E-state index in [0.29, 0.717) is 0 Å². The lowest BCUT2D eigenvalue weighted by Crippen LogP contribution is -2.05. The number of hydrogen-bond acceptors (Lipinski definition) is 2. The van der Waals surface area contributed by atoms with Crippen molar-refractivity contribution in [3.63, 3.8) is 0 Å². The SMILES string of the molecule is O=[N+]([O-])c1ccc(C(c2ccccc2Br)c2ccccc2Br)cc1. The summed E-state index contributed by atoms with van der Waals surface area (Å²) in [6.45, 7) is 0. The van der Waals surface area contributed by atoms with Crippen molar-refractivity contribution in [3.8, 4) is 0 Å². The van der Waals surface area contributed by atoms with Crippen LogP contribution in [0.5, 0.6) is 0 Å². The zero-order valence-electron chi connectivity index (χ0n) is 12.5. The van der Waals surface area contributed by atoms with E-state index in [1.54, 1.807) is 12.1 Å². The molecule has 3 nitrogen and oxygen atoms in total. The molecular weight excluding hydrogens is 434 g/mol. The third-order valence-corrected chi connectivity index (χ3v) is 5.31. The summed E-state index contributed by atoms with van der Waals surface area (Å²) in [6, 6.07) is 22.8. The van der Waals surface area contributed by atoms with Gasteiger partial charge in [0.05, 0.1) is 4.92 Å². The Bertz CT molecular complexity index is 833. The number of halogens is 2. The second-order valence-electron chi connectivity index (χ2n) is 5.32. The summed E-state index contributed by atoms with van der Waals surface area (Å²) in [4.78, 5) is 10.5. The fraction of sp³-hybridized carbons (Fsp3) is 0.0526. The van der Waals surface area contributed by atoms with E-state index < -0.39 is 0 Å². The Morgan fingerprint density at radius 2 is 1.21 bits per heavy atom. The first-order valence-corrected chi connectivity index (χ1v) is 8.89. The Labute approximate surface area is 156 Å². The van der Waals surface area contributed by atoms with Crippen LogP contribution in [0.1, 0.15) is 22.6 Å². The van der Waals surface area contributed by atoms with Gasteiger partial charge in [-0.25, -0.2) is 0 Å². The number of nitrogens with zero attached hydrogens (tertiary/aromatic N) is 1. The van der Waals surface area contributed by atoms with Crippen molar-refractivity contribution in [3.05, 3.63) is 109 Å². The standard InChI is InChI=1S/C19H13Br2NO2/c20-17-7-3-1-5-15(17)19(16-6-2-4-8-18(16)21)13-9-11-14(12-10-13)22(23)24/h1-12,19H. The lowest BCUT2D eigenvalue weighted by atomic mass is 9.85. The van der Waals surface area contributed by atoms with E-state index in [9.17, 15) is 10.1 Å². The van der Waals surface area contributed by atoms with E-state index in [-0.39, 0.29) is 16.5 Å². The molecule has 3 rings (SSSR count). The molecule has 0 saturated heterocycles. The van der Waals surface area contributed by atoms with Crippen molar-refractivity contribution in [1.82, 2.24) is 0 Å². The third kappa shape index (κ3) is 3.42. The molecule has 0 radical (unpaired) electrons. The first-order chi connectivity index (χ1) is 11.6. The van der Waals surface area contributed by atoms with Gasteiger partial charge in [-0.05, 0) is 28.8 Å². The van der Waals surface area contributed by atoms with E-state index in [1.807, 2.05) is 48.5 Å². The molecule has 0 bridgehead atoms. The second-order valence-corrected chi connectivity index (χ2v) is 7.03. The van der Waals surface area contributed by atoms with Crippen LogP contribution in [0.15, 0.2) is 81.7 Å². The summed E-state index contributed by atoms with van der Waals surface area (Å²) in [5.74, 6) is -0.0306. The Morgan fingerprint density at radius 1 is 0.750 bits per heavy atom. The number of hydrogen-bond donors (Lipinski definition) is 0. The van der Waals surface area contributed by atoms with E-state index in [4.69, 9.17) is 0 Å². The minimum atomic E-state index is -0.379. The summed E-state index contributed by atoms with van der Waals surface area (Å²) in [7, 11) is 0. The Balaban J connectivity index is 2.17. The Hall–Kier alpha value is -1.98. The van der Waals surface area contributed by atoms with E-state index in [1.165, 1.54) is 0 Å². The summed E-state index contributed by atoms with van der Waals surface area (Å²) >= 11 is 7.26. The van der Waals surface area contributed by atoms with Crippen LogP contribution in [0.3, 0.4) is 0 Å². The van der Waals surface area contributed by atoms with Gasteiger partial charge in [-0.15, -0.1) is 0 Å². The molecule has 0 aliphatic carbocycles. The molecule has 0 amide bonds. The van der Waals surface area contributed by atoms with E-state index >= 15 is 0 Å². The fourth-order valence-corrected chi connectivity index (χ4v) is 3.76. The molecular formula is C19H13Br2NO2. The van der Waals surface area contributed by atoms with Crippen LogP contribution < -0.4 is 0 Å². The van der Waals surface area contributed by atoms with Gasteiger partial charge < -0.3 is 0 Å². The maximum absolute atomic E-state index is 10.9. The van der Waals surface area contributed by atoms with Crippen molar-refractivity contribution in [2.75, 3.05) is 0 Å². The summed E-state index contributed by atoms with van der Waals surface area (Å²) in [6.07, 6.45) is 0. The molecule has 0 aliphatic rings. The average molecular weight is 447 g/mol. The molecule has 0 unspecified atom stereocenters.